The molecule has 0 atom stereocenters. The summed E-state index contributed by atoms with van der Waals surface area (Å²) >= 11 is 0. The van der Waals surface area contributed by atoms with E-state index in [0.717, 1.165) is 42.5 Å². The van der Waals surface area contributed by atoms with Crippen molar-refractivity contribution in [1.82, 2.24) is 9.55 Å². The van der Waals surface area contributed by atoms with Gasteiger partial charge in [0.05, 0.1) is 17.1 Å². The lowest BCUT2D eigenvalue weighted by Crippen LogP contribution is -2.23. The van der Waals surface area contributed by atoms with Crippen LogP contribution in [0.1, 0.15) is 63.8 Å². The summed E-state index contributed by atoms with van der Waals surface area (Å²) in [6.07, 6.45) is 11.2. The van der Waals surface area contributed by atoms with E-state index in [1.54, 1.807) is 0 Å². The Hall–Kier alpha value is -1.71. The van der Waals surface area contributed by atoms with Gasteiger partial charge < -0.3 is 9.72 Å². The van der Waals surface area contributed by atoms with Crippen molar-refractivity contribution in [3.63, 3.8) is 0 Å². The second-order valence-electron chi connectivity index (χ2n) is 6.80. The highest BCUT2D eigenvalue weighted by molar-refractivity contribution is 5.77. The molecule has 0 radical (unpaired) electrons. The number of aromatic amines is 1. The average Bonchev–Trinajstić information content (AvgIpc) is 3.14. The maximum atomic E-state index is 12.4. The van der Waals surface area contributed by atoms with Crippen molar-refractivity contribution in [2.45, 2.75) is 69.9 Å². The Kier molecular flexibility index (Phi) is 3.68. The van der Waals surface area contributed by atoms with Crippen molar-refractivity contribution in [1.29, 1.82) is 0 Å². The normalized spacial score (nSPS) is 20.7. The highest BCUT2D eigenvalue weighted by atomic mass is 16.5. The van der Waals surface area contributed by atoms with Crippen LogP contribution in [-0.4, -0.2) is 15.7 Å². The van der Waals surface area contributed by atoms with Gasteiger partial charge in [0.15, 0.2) is 0 Å². The Morgan fingerprint density at radius 3 is 2.50 bits per heavy atom. The van der Waals surface area contributed by atoms with E-state index in [2.05, 4.69) is 4.98 Å². The lowest BCUT2D eigenvalue weighted by molar-refractivity contribution is 0.210. The number of H-pyrrole nitrogens is 1. The molecule has 0 unspecified atom stereocenters. The lowest BCUT2D eigenvalue weighted by atomic mass is 9.95. The van der Waals surface area contributed by atoms with Crippen LogP contribution in [0.2, 0.25) is 0 Å². The van der Waals surface area contributed by atoms with E-state index in [4.69, 9.17) is 4.74 Å². The summed E-state index contributed by atoms with van der Waals surface area (Å²) in [5.41, 5.74) is 1.96. The Labute approximate surface area is 130 Å². The van der Waals surface area contributed by atoms with E-state index in [1.807, 2.05) is 22.8 Å². The third kappa shape index (κ3) is 2.55. The second-order valence-corrected chi connectivity index (χ2v) is 6.80. The number of aromatic nitrogens is 2. The first-order valence-electron chi connectivity index (χ1n) is 8.72. The molecule has 1 aromatic carbocycles. The minimum Gasteiger partial charge on any atom is -0.490 e. The van der Waals surface area contributed by atoms with Crippen molar-refractivity contribution in [3.05, 3.63) is 28.7 Å². The number of hydrogen-bond acceptors (Lipinski definition) is 2. The molecule has 0 spiro atoms. The number of rotatable bonds is 3. The molecule has 1 N–H and O–H groups in total. The van der Waals surface area contributed by atoms with E-state index in [9.17, 15) is 4.79 Å². The van der Waals surface area contributed by atoms with Crippen LogP contribution in [0.3, 0.4) is 0 Å². The third-order valence-electron chi connectivity index (χ3n) is 5.23. The fourth-order valence-electron chi connectivity index (χ4n) is 4.08. The molecule has 4 heteroatoms. The van der Waals surface area contributed by atoms with Crippen LogP contribution in [0, 0.1) is 0 Å². The van der Waals surface area contributed by atoms with Gasteiger partial charge in [-0.05, 0) is 50.7 Å². The van der Waals surface area contributed by atoms with E-state index >= 15 is 0 Å². The van der Waals surface area contributed by atoms with Crippen molar-refractivity contribution >= 4 is 11.0 Å². The van der Waals surface area contributed by atoms with Gasteiger partial charge in [0, 0.05) is 12.1 Å². The van der Waals surface area contributed by atoms with Gasteiger partial charge in [-0.25, -0.2) is 4.79 Å². The molecule has 0 saturated heterocycles. The first kappa shape index (κ1) is 13.9. The molecule has 4 nitrogen and oxygen atoms in total. The Bertz CT molecular complexity index is 703. The van der Waals surface area contributed by atoms with Crippen LogP contribution < -0.4 is 10.4 Å². The Balaban J connectivity index is 1.64. The molecular weight excluding hydrogens is 276 g/mol. The molecule has 0 aliphatic heterocycles. The number of nitrogens with zero attached hydrogens (tertiary/aromatic N) is 1. The Morgan fingerprint density at radius 2 is 1.73 bits per heavy atom. The molecule has 1 heterocycles. The topological polar surface area (TPSA) is 47.0 Å². The predicted molar refractivity (Wildman–Crippen MR) is 87.6 cm³/mol. The fourth-order valence-corrected chi connectivity index (χ4v) is 4.08. The maximum absolute atomic E-state index is 12.4. The minimum absolute atomic E-state index is 0.0277. The molecule has 0 bridgehead atoms. The molecule has 2 saturated carbocycles. The predicted octanol–water partition coefficient (Wildman–Crippen LogP) is 4.16. The smallest absolute Gasteiger partial charge is 0.326 e. The first-order chi connectivity index (χ1) is 10.8. The zero-order valence-corrected chi connectivity index (χ0v) is 13.0. The molecule has 2 fully saturated rings. The zero-order valence-electron chi connectivity index (χ0n) is 13.0. The van der Waals surface area contributed by atoms with Crippen LogP contribution in [0.25, 0.3) is 11.0 Å². The largest absolute Gasteiger partial charge is 0.490 e. The highest BCUT2D eigenvalue weighted by Crippen LogP contribution is 2.31. The second kappa shape index (κ2) is 5.82. The number of fused-ring (bicyclic) bond motifs is 1. The number of ether oxygens (including phenoxy) is 1. The van der Waals surface area contributed by atoms with Gasteiger partial charge in [-0.1, -0.05) is 19.3 Å². The standard InChI is InChI=1S/C18H24N2O2/c21-18-19-16-12-15(22-14-8-4-5-9-14)10-11-17(16)20(18)13-6-2-1-3-7-13/h10-14H,1-9H2,(H,19,21). The highest BCUT2D eigenvalue weighted by Gasteiger charge is 2.21. The summed E-state index contributed by atoms with van der Waals surface area (Å²) in [5, 5.41) is 0. The zero-order chi connectivity index (χ0) is 14.9. The van der Waals surface area contributed by atoms with Gasteiger partial charge in [-0.3, -0.25) is 4.57 Å². The van der Waals surface area contributed by atoms with Crippen LogP contribution in [0.5, 0.6) is 5.75 Å². The average molecular weight is 300 g/mol. The van der Waals surface area contributed by atoms with Gasteiger partial charge in [-0.15, -0.1) is 0 Å². The van der Waals surface area contributed by atoms with E-state index < -0.39 is 0 Å². The number of hydrogen-bond donors (Lipinski definition) is 1. The van der Waals surface area contributed by atoms with Crippen molar-refractivity contribution in [2.75, 3.05) is 0 Å². The molecule has 2 aliphatic rings. The maximum Gasteiger partial charge on any atom is 0.326 e. The number of benzene rings is 1. The van der Waals surface area contributed by atoms with Gasteiger partial charge in [0.1, 0.15) is 5.75 Å². The summed E-state index contributed by atoms with van der Waals surface area (Å²) in [5.74, 6) is 0.886. The van der Waals surface area contributed by atoms with Crippen LogP contribution in [-0.2, 0) is 0 Å². The lowest BCUT2D eigenvalue weighted by Gasteiger charge is -2.23. The quantitative estimate of drug-likeness (QED) is 0.925. The van der Waals surface area contributed by atoms with E-state index in [-0.39, 0.29) is 5.69 Å². The number of nitrogens with one attached hydrogen (secondary N) is 1. The van der Waals surface area contributed by atoms with Crippen molar-refractivity contribution in [2.24, 2.45) is 0 Å². The fraction of sp³-hybridized carbons (Fsp3) is 0.611. The molecule has 118 valence electrons. The molecule has 4 rings (SSSR count). The monoisotopic (exact) mass is 300 g/mol. The molecule has 22 heavy (non-hydrogen) atoms. The Morgan fingerprint density at radius 1 is 1.00 bits per heavy atom. The van der Waals surface area contributed by atoms with Gasteiger partial charge in [0.25, 0.3) is 0 Å². The van der Waals surface area contributed by atoms with E-state index in [1.165, 1.54) is 32.1 Å². The molecule has 2 aliphatic carbocycles. The molecule has 0 amide bonds. The van der Waals surface area contributed by atoms with Crippen molar-refractivity contribution < 1.29 is 4.74 Å². The summed E-state index contributed by atoms with van der Waals surface area (Å²) in [7, 11) is 0. The summed E-state index contributed by atoms with van der Waals surface area (Å²) in [6, 6.07) is 6.42. The first-order valence-corrected chi connectivity index (χ1v) is 8.72. The molecule has 2 aromatic rings. The van der Waals surface area contributed by atoms with Gasteiger partial charge in [-0.2, -0.15) is 0 Å². The molecular formula is C18H24N2O2. The minimum atomic E-state index is 0.0277. The van der Waals surface area contributed by atoms with Crippen LogP contribution in [0.4, 0.5) is 0 Å². The van der Waals surface area contributed by atoms with Crippen LogP contribution >= 0.6 is 0 Å². The van der Waals surface area contributed by atoms with E-state index in [0.29, 0.717) is 12.1 Å². The van der Waals surface area contributed by atoms with Gasteiger partial charge >= 0.3 is 5.69 Å². The summed E-state index contributed by atoms with van der Waals surface area (Å²) < 4.78 is 8.01. The van der Waals surface area contributed by atoms with Crippen LogP contribution in [0.15, 0.2) is 23.0 Å². The number of imidazole rings is 1. The summed E-state index contributed by atoms with van der Waals surface area (Å²) in [4.78, 5) is 15.4. The van der Waals surface area contributed by atoms with Gasteiger partial charge in [0.2, 0.25) is 0 Å². The SMILES string of the molecule is O=c1[nH]c2cc(OC3CCCC3)ccc2n1C1CCCCC1. The third-order valence-corrected chi connectivity index (χ3v) is 5.23. The van der Waals surface area contributed by atoms with Crippen molar-refractivity contribution in [3.8, 4) is 5.75 Å². The summed E-state index contributed by atoms with van der Waals surface area (Å²) in [6.45, 7) is 0. The molecule has 1 aromatic heterocycles.